The summed E-state index contributed by atoms with van der Waals surface area (Å²) in [7, 11) is 5.75. The quantitative estimate of drug-likeness (QED) is 0.242. The first-order valence-electron chi connectivity index (χ1n) is 14.2. The van der Waals surface area contributed by atoms with Crippen molar-refractivity contribution < 1.29 is 19.4 Å². The minimum atomic E-state index is -0.897. The monoisotopic (exact) mass is 552 g/mol. The molecule has 0 saturated heterocycles. The van der Waals surface area contributed by atoms with Gasteiger partial charge in [0.1, 0.15) is 11.4 Å². The van der Waals surface area contributed by atoms with E-state index in [1.807, 2.05) is 46.6 Å². The first-order chi connectivity index (χ1) is 20.0. The molecule has 1 aliphatic heterocycles. The topological polar surface area (TPSA) is 81.7 Å². The Morgan fingerprint density at radius 2 is 1.78 bits per heavy atom. The number of fused-ring (bicyclic) bond motifs is 3. The van der Waals surface area contributed by atoms with E-state index in [0.29, 0.717) is 38.3 Å². The Balaban J connectivity index is 1.41. The van der Waals surface area contributed by atoms with Crippen LogP contribution in [0, 0.1) is 0 Å². The second-order valence-electron chi connectivity index (χ2n) is 10.8. The molecule has 6 rings (SSSR count). The van der Waals surface area contributed by atoms with E-state index in [-0.39, 0.29) is 0 Å². The Labute approximate surface area is 239 Å². The first kappa shape index (κ1) is 27.1. The van der Waals surface area contributed by atoms with E-state index in [2.05, 4.69) is 42.3 Å². The highest BCUT2D eigenvalue weighted by molar-refractivity contribution is 6.04. The van der Waals surface area contributed by atoms with Crippen molar-refractivity contribution >= 4 is 27.6 Å². The van der Waals surface area contributed by atoms with Gasteiger partial charge in [-0.05, 0) is 49.9 Å². The number of carbonyl (C=O) groups is 1. The molecule has 8 heteroatoms. The molecule has 1 aliphatic rings. The van der Waals surface area contributed by atoms with Gasteiger partial charge in [-0.15, -0.1) is 0 Å². The van der Waals surface area contributed by atoms with Crippen LogP contribution >= 0.6 is 0 Å². The first-order valence-corrected chi connectivity index (χ1v) is 14.2. The molecular weight excluding hydrogens is 516 g/mol. The maximum atomic E-state index is 12.8. The Kier molecular flexibility index (Phi) is 7.51. The van der Waals surface area contributed by atoms with E-state index in [1.165, 1.54) is 0 Å². The number of aromatic carboxylic acids is 1. The number of benzene rings is 3. The Morgan fingerprint density at radius 1 is 1.00 bits per heavy atom. The van der Waals surface area contributed by atoms with Crippen molar-refractivity contribution in [1.82, 2.24) is 19.2 Å². The number of carboxylic acid groups (broad SMARTS) is 1. The van der Waals surface area contributed by atoms with Crippen LogP contribution in [0.15, 0.2) is 60.7 Å². The molecule has 0 bridgehead atoms. The van der Waals surface area contributed by atoms with Gasteiger partial charge in [0.05, 0.1) is 30.1 Å². The van der Waals surface area contributed by atoms with Crippen LogP contribution in [-0.2, 0) is 37.9 Å². The third-order valence-corrected chi connectivity index (χ3v) is 8.10. The van der Waals surface area contributed by atoms with Crippen molar-refractivity contribution in [3.8, 4) is 16.9 Å². The minimum Gasteiger partial charge on any atom is -0.493 e. The average Bonchev–Trinajstić information content (AvgIpc) is 3.45. The third kappa shape index (κ3) is 4.98. The molecule has 5 aromatic rings. The van der Waals surface area contributed by atoms with Crippen LogP contribution in [0.5, 0.6) is 5.75 Å². The van der Waals surface area contributed by atoms with Gasteiger partial charge >= 0.3 is 5.97 Å². The minimum absolute atomic E-state index is 0.375. The van der Waals surface area contributed by atoms with Gasteiger partial charge in [0, 0.05) is 49.1 Å². The van der Waals surface area contributed by atoms with E-state index in [9.17, 15) is 9.90 Å². The van der Waals surface area contributed by atoms with Gasteiger partial charge in [0.25, 0.3) is 0 Å². The molecule has 8 nitrogen and oxygen atoms in total. The number of carboxylic acids is 1. The fourth-order valence-electron chi connectivity index (χ4n) is 6.34. The Bertz CT molecular complexity index is 1730. The fourth-order valence-corrected chi connectivity index (χ4v) is 6.34. The van der Waals surface area contributed by atoms with Crippen molar-refractivity contribution in [2.24, 2.45) is 7.05 Å². The van der Waals surface area contributed by atoms with Crippen molar-refractivity contribution in [3.05, 3.63) is 83.3 Å². The average molecular weight is 553 g/mol. The highest BCUT2D eigenvalue weighted by atomic mass is 16.5. The number of ether oxygens (including phenoxy) is 2. The summed E-state index contributed by atoms with van der Waals surface area (Å²) in [6.07, 6.45) is 2.14. The summed E-state index contributed by atoms with van der Waals surface area (Å²) in [5, 5.41) is 18.5. The second kappa shape index (κ2) is 11.4. The van der Waals surface area contributed by atoms with Crippen molar-refractivity contribution in [2.75, 3.05) is 27.3 Å². The van der Waals surface area contributed by atoms with Gasteiger partial charge < -0.3 is 24.0 Å². The summed E-state index contributed by atoms with van der Waals surface area (Å²) in [6.45, 7) is 3.10. The van der Waals surface area contributed by atoms with Crippen molar-refractivity contribution in [3.63, 3.8) is 0 Å². The summed E-state index contributed by atoms with van der Waals surface area (Å²) >= 11 is 0. The van der Waals surface area contributed by atoms with Gasteiger partial charge in [0.15, 0.2) is 0 Å². The summed E-state index contributed by atoms with van der Waals surface area (Å²) in [4.78, 5) is 15.1. The number of hydrogen-bond acceptors (Lipinski definition) is 5. The number of hydrogen-bond donors (Lipinski definition) is 1. The van der Waals surface area contributed by atoms with Crippen LogP contribution in [0.4, 0.5) is 0 Å². The van der Waals surface area contributed by atoms with E-state index in [1.54, 1.807) is 7.11 Å². The smallest absolute Gasteiger partial charge is 0.352 e. The summed E-state index contributed by atoms with van der Waals surface area (Å²) in [6, 6.07) is 20.4. The summed E-state index contributed by atoms with van der Waals surface area (Å²) < 4.78 is 15.7. The number of methoxy groups -OCH3 is 1. The lowest BCUT2D eigenvalue weighted by atomic mass is 9.97. The molecule has 3 aromatic carbocycles. The number of aryl methyl sites for hydroxylation is 3. The largest absolute Gasteiger partial charge is 0.493 e. The van der Waals surface area contributed by atoms with Crippen LogP contribution in [-0.4, -0.2) is 57.6 Å². The number of para-hydroxylation sites is 1. The molecule has 0 atom stereocenters. The summed E-state index contributed by atoms with van der Waals surface area (Å²) in [5.74, 6) is -0.0466. The zero-order valence-corrected chi connectivity index (χ0v) is 23.9. The lowest BCUT2D eigenvalue weighted by Crippen LogP contribution is -2.23. The molecule has 0 spiro atoms. The second-order valence-corrected chi connectivity index (χ2v) is 10.8. The number of rotatable bonds is 8. The molecule has 41 heavy (non-hydrogen) atoms. The van der Waals surface area contributed by atoms with Gasteiger partial charge in [-0.2, -0.15) is 5.10 Å². The van der Waals surface area contributed by atoms with Gasteiger partial charge in [-0.3, -0.25) is 4.68 Å². The maximum absolute atomic E-state index is 12.8. The van der Waals surface area contributed by atoms with Crippen LogP contribution in [0.2, 0.25) is 0 Å². The highest BCUT2D eigenvalue weighted by Crippen LogP contribution is 2.39. The fraction of sp³-hybridized carbons (Fsp3) is 0.333. The number of aromatic nitrogens is 3. The zero-order valence-electron chi connectivity index (χ0n) is 23.9. The normalized spacial score (nSPS) is 13.9. The molecule has 3 heterocycles. The standard InChI is InChI=1S/C33H36N4O4/c1-35-17-9-18-37-31-24(13-7-14-26(31)30-27(21-40-3)34-36(2)28(30)20-35)25(32(37)33(38)39)15-8-19-41-29-16-6-11-22-10-4-5-12-23(22)29/h4-7,10-14,16H,8-9,15,17-21H2,1-3H3,(H,38,39). The molecule has 0 radical (unpaired) electrons. The molecule has 1 N–H and O–H groups in total. The van der Waals surface area contributed by atoms with Gasteiger partial charge in [-0.1, -0.05) is 54.6 Å². The molecular formula is C33H36N4O4. The molecule has 212 valence electrons. The van der Waals surface area contributed by atoms with Gasteiger partial charge in [0.2, 0.25) is 0 Å². The molecule has 0 saturated carbocycles. The Hall–Kier alpha value is -4.14. The maximum Gasteiger partial charge on any atom is 0.352 e. The van der Waals surface area contributed by atoms with E-state index in [0.717, 1.165) is 75.0 Å². The Morgan fingerprint density at radius 3 is 2.61 bits per heavy atom. The SMILES string of the molecule is COCc1nn(C)c2c1-c1cccc3c(CCCOc4cccc5ccccc45)c(C(=O)O)n(c13)CCCN(C)C2. The van der Waals surface area contributed by atoms with E-state index in [4.69, 9.17) is 14.6 Å². The van der Waals surface area contributed by atoms with Crippen molar-refractivity contribution in [1.29, 1.82) is 0 Å². The molecule has 2 aromatic heterocycles. The van der Waals surface area contributed by atoms with Crippen LogP contribution < -0.4 is 4.74 Å². The predicted octanol–water partition coefficient (Wildman–Crippen LogP) is 5.89. The zero-order chi connectivity index (χ0) is 28.5. The molecule has 0 unspecified atom stereocenters. The molecule has 0 amide bonds. The van der Waals surface area contributed by atoms with E-state index < -0.39 is 5.97 Å². The number of nitrogens with zero attached hydrogens (tertiary/aromatic N) is 4. The molecule has 0 aliphatic carbocycles. The lowest BCUT2D eigenvalue weighted by molar-refractivity contribution is 0.0684. The highest BCUT2D eigenvalue weighted by Gasteiger charge is 2.28. The van der Waals surface area contributed by atoms with Crippen LogP contribution in [0.25, 0.3) is 32.8 Å². The summed E-state index contributed by atoms with van der Waals surface area (Å²) in [5.41, 5.74) is 6.21. The van der Waals surface area contributed by atoms with E-state index >= 15 is 0 Å². The van der Waals surface area contributed by atoms with Crippen LogP contribution in [0.1, 0.15) is 40.3 Å². The van der Waals surface area contributed by atoms with Gasteiger partial charge in [-0.25, -0.2) is 4.79 Å². The van der Waals surface area contributed by atoms with Crippen molar-refractivity contribution in [2.45, 2.75) is 39.0 Å². The lowest BCUT2D eigenvalue weighted by Gasteiger charge is -2.21. The predicted molar refractivity (Wildman–Crippen MR) is 161 cm³/mol. The molecule has 0 fully saturated rings. The van der Waals surface area contributed by atoms with Crippen LogP contribution in [0.3, 0.4) is 0 Å². The third-order valence-electron chi connectivity index (χ3n) is 8.10.